The molecule has 18 heavy (non-hydrogen) atoms. The highest BCUT2D eigenvalue weighted by atomic mass is 19.1. The first kappa shape index (κ1) is 14.5. The molecular formula is C9H13FN2O6. The van der Waals surface area contributed by atoms with Crippen molar-refractivity contribution in [3.63, 3.8) is 0 Å². The predicted octanol–water partition coefficient (Wildman–Crippen LogP) is -2.70. The van der Waals surface area contributed by atoms with Gasteiger partial charge in [-0.05, 0) is 0 Å². The van der Waals surface area contributed by atoms with E-state index in [1.165, 1.54) is 0 Å². The number of hydrogen-bond donors (Lipinski definition) is 5. The van der Waals surface area contributed by atoms with Crippen molar-refractivity contribution in [2.75, 3.05) is 13.2 Å². The van der Waals surface area contributed by atoms with Gasteiger partial charge in [-0.1, -0.05) is 0 Å². The Labute approximate surface area is 99.7 Å². The molecule has 1 saturated heterocycles. The Bertz CT molecular complexity index is 486. The Hall–Kier alpha value is -1.55. The molecule has 8 nitrogen and oxygen atoms in total. The highest BCUT2D eigenvalue weighted by Gasteiger charge is 2.33. The number of hydrogen-bond acceptors (Lipinski definition) is 6. The van der Waals surface area contributed by atoms with Crippen LogP contribution in [0.25, 0.3) is 0 Å². The summed E-state index contributed by atoms with van der Waals surface area (Å²) < 4.78 is 16.8. The van der Waals surface area contributed by atoms with Gasteiger partial charge in [-0.3, -0.25) is 9.78 Å². The van der Waals surface area contributed by atoms with Crippen molar-refractivity contribution in [1.29, 1.82) is 0 Å². The first-order chi connectivity index (χ1) is 8.45. The Kier molecular flexibility index (Phi) is 5.16. The molecule has 5 N–H and O–H groups in total. The second-order valence-corrected chi connectivity index (χ2v) is 3.53. The minimum atomic E-state index is -1.00. The first-order valence-corrected chi connectivity index (χ1v) is 5.01. The van der Waals surface area contributed by atoms with Gasteiger partial charge in [-0.15, -0.1) is 0 Å². The second kappa shape index (κ2) is 6.40. The van der Waals surface area contributed by atoms with Crippen LogP contribution in [0.3, 0.4) is 0 Å². The maximum absolute atomic E-state index is 12.0. The molecule has 0 bridgehead atoms. The number of aromatic nitrogens is 2. The Morgan fingerprint density at radius 2 is 2.11 bits per heavy atom. The average Bonchev–Trinajstić information content (AvgIpc) is 2.66. The number of aliphatic hydroxyl groups excluding tert-OH is 3. The highest BCUT2D eigenvalue weighted by Crippen LogP contribution is 2.12. The van der Waals surface area contributed by atoms with Crippen LogP contribution in [0.1, 0.15) is 0 Å². The van der Waals surface area contributed by atoms with Crippen LogP contribution in [0.5, 0.6) is 0 Å². The standard InChI is InChI=1S/C5H10O4.C4H3FN2O2/c6-1-4-5(8)3(7)2-9-4;5-2-1-6-4(9)7-3(2)8/h3-8H,1-2H2;1H,(H2,6,7,8,9)/t3-,4+,5-;/m0./s1. The quantitative estimate of drug-likeness (QED) is 0.374. The average molecular weight is 264 g/mol. The first-order valence-electron chi connectivity index (χ1n) is 5.01. The minimum absolute atomic E-state index is 0.117. The van der Waals surface area contributed by atoms with Crippen LogP contribution in [0.2, 0.25) is 0 Å². The molecule has 102 valence electrons. The lowest BCUT2D eigenvalue weighted by atomic mass is 10.2. The van der Waals surface area contributed by atoms with E-state index in [1.54, 1.807) is 4.98 Å². The van der Waals surface area contributed by atoms with Gasteiger partial charge in [0.15, 0.2) is 0 Å². The molecule has 9 heteroatoms. The van der Waals surface area contributed by atoms with Gasteiger partial charge in [0.1, 0.15) is 18.3 Å². The summed E-state index contributed by atoms with van der Waals surface area (Å²) >= 11 is 0. The number of ether oxygens (including phenoxy) is 1. The molecule has 0 spiro atoms. The van der Waals surface area contributed by atoms with Crippen molar-refractivity contribution < 1.29 is 24.4 Å². The molecule has 0 amide bonds. The molecule has 0 aliphatic carbocycles. The summed E-state index contributed by atoms with van der Waals surface area (Å²) in [4.78, 5) is 24.0. The normalized spacial score (nSPS) is 26.6. The topological polar surface area (TPSA) is 136 Å². The van der Waals surface area contributed by atoms with Gasteiger partial charge >= 0.3 is 5.69 Å². The molecule has 1 aliphatic rings. The van der Waals surface area contributed by atoms with E-state index in [-0.39, 0.29) is 13.2 Å². The Morgan fingerprint density at radius 1 is 1.44 bits per heavy atom. The third kappa shape index (κ3) is 3.74. The molecule has 0 unspecified atom stereocenters. The van der Waals surface area contributed by atoms with E-state index in [0.717, 1.165) is 0 Å². The van der Waals surface area contributed by atoms with Gasteiger partial charge in [0, 0.05) is 6.20 Å². The van der Waals surface area contributed by atoms with Crippen LogP contribution in [0.4, 0.5) is 4.39 Å². The summed E-state index contributed by atoms with van der Waals surface area (Å²) in [6, 6.07) is 0. The molecule has 1 fully saturated rings. The van der Waals surface area contributed by atoms with Crippen LogP contribution < -0.4 is 11.2 Å². The third-order valence-corrected chi connectivity index (χ3v) is 2.21. The highest BCUT2D eigenvalue weighted by molar-refractivity contribution is 4.83. The van der Waals surface area contributed by atoms with E-state index >= 15 is 0 Å². The molecule has 3 atom stereocenters. The van der Waals surface area contributed by atoms with Crippen molar-refractivity contribution in [2.45, 2.75) is 18.3 Å². The van der Waals surface area contributed by atoms with E-state index in [9.17, 15) is 14.0 Å². The zero-order valence-corrected chi connectivity index (χ0v) is 9.17. The third-order valence-electron chi connectivity index (χ3n) is 2.21. The molecule has 0 aromatic carbocycles. The van der Waals surface area contributed by atoms with Gasteiger partial charge in [-0.2, -0.15) is 4.39 Å². The number of rotatable bonds is 1. The molecule has 2 heterocycles. The molecule has 1 aliphatic heterocycles. The van der Waals surface area contributed by atoms with Crippen LogP contribution >= 0.6 is 0 Å². The van der Waals surface area contributed by atoms with Gasteiger partial charge < -0.3 is 25.0 Å². The molecule has 2 rings (SSSR count). The van der Waals surface area contributed by atoms with Crippen molar-refractivity contribution >= 4 is 0 Å². The fourth-order valence-electron chi connectivity index (χ4n) is 1.22. The Balaban J connectivity index is 0.000000180. The van der Waals surface area contributed by atoms with Crippen LogP contribution in [0, 0.1) is 5.82 Å². The molecule has 1 aromatic heterocycles. The molecule has 0 radical (unpaired) electrons. The van der Waals surface area contributed by atoms with Gasteiger partial charge in [-0.25, -0.2) is 4.79 Å². The maximum atomic E-state index is 12.0. The lowest BCUT2D eigenvalue weighted by molar-refractivity contribution is -0.00588. The number of halogens is 1. The monoisotopic (exact) mass is 264 g/mol. The van der Waals surface area contributed by atoms with Crippen molar-refractivity contribution in [2.24, 2.45) is 0 Å². The Morgan fingerprint density at radius 3 is 2.44 bits per heavy atom. The van der Waals surface area contributed by atoms with Crippen molar-refractivity contribution in [1.82, 2.24) is 9.97 Å². The van der Waals surface area contributed by atoms with Crippen molar-refractivity contribution in [3.05, 3.63) is 32.9 Å². The zero-order valence-electron chi connectivity index (χ0n) is 9.17. The SMILES string of the molecule is O=c1[nH]cc(F)c(=O)[nH]1.OC[C@H]1OC[C@H](O)[C@@H]1O. The van der Waals surface area contributed by atoms with E-state index in [0.29, 0.717) is 6.20 Å². The summed E-state index contributed by atoms with van der Waals surface area (Å²) in [7, 11) is 0. The van der Waals surface area contributed by atoms with E-state index in [4.69, 9.17) is 20.1 Å². The smallest absolute Gasteiger partial charge is 0.325 e. The van der Waals surface area contributed by atoms with Crippen LogP contribution in [-0.4, -0.2) is 56.8 Å². The lowest BCUT2D eigenvalue weighted by Crippen LogP contribution is -2.31. The number of nitrogens with one attached hydrogen (secondary N) is 2. The van der Waals surface area contributed by atoms with E-state index in [1.807, 2.05) is 4.98 Å². The fourth-order valence-corrected chi connectivity index (χ4v) is 1.22. The van der Waals surface area contributed by atoms with Crippen molar-refractivity contribution in [3.8, 4) is 0 Å². The number of H-pyrrole nitrogens is 2. The lowest BCUT2D eigenvalue weighted by Gasteiger charge is -2.10. The summed E-state index contributed by atoms with van der Waals surface area (Å²) in [5.41, 5.74) is -1.71. The minimum Gasteiger partial charge on any atom is -0.394 e. The maximum Gasteiger partial charge on any atom is 0.325 e. The van der Waals surface area contributed by atoms with Gasteiger partial charge in [0.25, 0.3) is 5.56 Å². The summed E-state index contributed by atoms with van der Waals surface area (Å²) in [5, 5.41) is 26.2. The second-order valence-electron chi connectivity index (χ2n) is 3.53. The largest absolute Gasteiger partial charge is 0.394 e. The summed E-state index contributed by atoms with van der Waals surface area (Å²) in [5.74, 6) is -0.991. The zero-order chi connectivity index (χ0) is 13.7. The van der Waals surface area contributed by atoms with E-state index in [2.05, 4.69) is 0 Å². The summed E-state index contributed by atoms with van der Waals surface area (Å²) in [6.07, 6.45) is -1.64. The van der Waals surface area contributed by atoms with Gasteiger partial charge in [0.05, 0.1) is 13.2 Å². The summed E-state index contributed by atoms with van der Waals surface area (Å²) in [6.45, 7) is -0.120. The van der Waals surface area contributed by atoms with Crippen LogP contribution in [-0.2, 0) is 4.74 Å². The molecule has 0 saturated carbocycles. The van der Waals surface area contributed by atoms with E-state index < -0.39 is 35.4 Å². The molecule has 1 aromatic rings. The van der Waals surface area contributed by atoms with Crippen LogP contribution in [0.15, 0.2) is 15.8 Å². The molecular weight excluding hydrogens is 251 g/mol. The van der Waals surface area contributed by atoms with Gasteiger partial charge in [0.2, 0.25) is 5.82 Å². The number of aliphatic hydroxyl groups is 3. The predicted molar refractivity (Wildman–Crippen MR) is 56.5 cm³/mol. The number of aromatic amines is 2. The fraction of sp³-hybridized carbons (Fsp3) is 0.556.